The van der Waals surface area contributed by atoms with E-state index in [9.17, 15) is 4.79 Å². The number of carbonyl (C=O) groups excluding carboxylic acids is 1. The molecule has 0 aromatic heterocycles. The van der Waals surface area contributed by atoms with E-state index < -0.39 is 0 Å². The Hall–Kier alpha value is -1.26. The standard InChI is InChI=1S/C15H13BrO2S/c1-18-13-5-6-15(16)12(8-13)10-19-14-4-2-3-11(7-14)9-17/h2-9H,10H2,1H3. The second-order valence-corrected chi connectivity index (χ2v) is 5.84. The van der Waals surface area contributed by atoms with Gasteiger partial charge < -0.3 is 4.74 Å². The highest BCUT2D eigenvalue weighted by molar-refractivity contribution is 9.10. The first-order chi connectivity index (χ1) is 9.22. The van der Waals surface area contributed by atoms with Gasteiger partial charge in [-0.05, 0) is 35.9 Å². The highest BCUT2D eigenvalue weighted by atomic mass is 79.9. The van der Waals surface area contributed by atoms with E-state index in [0.717, 1.165) is 27.2 Å². The maximum absolute atomic E-state index is 10.7. The van der Waals surface area contributed by atoms with E-state index in [1.165, 1.54) is 5.56 Å². The number of thioether (sulfide) groups is 1. The van der Waals surface area contributed by atoms with Crippen molar-refractivity contribution in [2.45, 2.75) is 10.6 Å². The van der Waals surface area contributed by atoms with Crippen LogP contribution in [0.1, 0.15) is 15.9 Å². The van der Waals surface area contributed by atoms with Gasteiger partial charge in [0.05, 0.1) is 7.11 Å². The molecular formula is C15H13BrO2S. The number of halogens is 1. The van der Waals surface area contributed by atoms with Crippen molar-refractivity contribution in [1.29, 1.82) is 0 Å². The summed E-state index contributed by atoms with van der Waals surface area (Å²) >= 11 is 5.23. The van der Waals surface area contributed by atoms with Gasteiger partial charge in [-0.3, -0.25) is 4.79 Å². The molecule has 0 bridgehead atoms. The van der Waals surface area contributed by atoms with Gasteiger partial charge in [-0.25, -0.2) is 0 Å². The number of rotatable bonds is 5. The lowest BCUT2D eigenvalue weighted by Gasteiger charge is -2.07. The van der Waals surface area contributed by atoms with Crippen LogP contribution < -0.4 is 4.74 Å². The van der Waals surface area contributed by atoms with Crippen LogP contribution in [0, 0.1) is 0 Å². The van der Waals surface area contributed by atoms with Gasteiger partial charge in [0.15, 0.2) is 0 Å². The topological polar surface area (TPSA) is 26.3 Å². The maximum atomic E-state index is 10.7. The number of benzene rings is 2. The van der Waals surface area contributed by atoms with Gasteiger partial charge in [0, 0.05) is 20.7 Å². The zero-order valence-corrected chi connectivity index (χ0v) is 12.8. The second-order valence-electron chi connectivity index (χ2n) is 3.94. The summed E-state index contributed by atoms with van der Waals surface area (Å²) in [5, 5.41) is 0. The van der Waals surface area contributed by atoms with Crippen LogP contribution in [0.25, 0.3) is 0 Å². The highest BCUT2D eigenvalue weighted by Crippen LogP contribution is 2.29. The van der Waals surface area contributed by atoms with E-state index in [2.05, 4.69) is 15.9 Å². The molecule has 2 nitrogen and oxygen atoms in total. The van der Waals surface area contributed by atoms with Crippen LogP contribution in [0.4, 0.5) is 0 Å². The summed E-state index contributed by atoms with van der Waals surface area (Å²) in [5.74, 6) is 1.67. The molecular weight excluding hydrogens is 324 g/mol. The highest BCUT2D eigenvalue weighted by Gasteiger charge is 2.04. The summed E-state index contributed by atoms with van der Waals surface area (Å²) in [6.45, 7) is 0. The molecule has 2 aromatic carbocycles. The normalized spacial score (nSPS) is 10.2. The lowest BCUT2D eigenvalue weighted by atomic mass is 10.2. The fourth-order valence-corrected chi connectivity index (χ4v) is 3.16. The van der Waals surface area contributed by atoms with Crippen LogP contribution in [-0.2, 0) is 5.75 Å². The number of methoxy groups -OCH3 is 1. The molecule has 0 fully saturated rings. The number of aldehydes is 1. The van der Waals surface area contributed by atoms with Gasteiger partial charge in [0.25, 0.3) is 0 Å². The Bertz CT molecular complexity index is 584. The predicted octanol–water partition coefficient (Wildman–Crippen LogP) is 4.56. The number of hydrogen-bond donors (Lipinski definition) is 0. The van der Waals surface area contributed by atoms with Crippen LogP contribution in [0.3, 0.4) is 0 Å². The summed E-state index contributed by atoms with van der Waals surface area (Å²) < 4.78 is 6.28. The fraction of sp³-hybridized carbons (Fsp3) is 0.133. The van der Waals surface area contributed by atoms with Crippen LogP contribution in [0.5, 0.6) is 5.75 Å². The third-order valence-electron chi connectivity index (χ3n) is 2.64. The first-order valence-electron chi connectivity index (χ1n) is 5.73. The van der Waals surface area contributed by atoms with Gasteiger partial charge in [-0.15, -0.1) is 11.8 Å². The third-order valence-corrected chi connectivity index (χ3v) is 4.46. The van der Waals surface area contributed by atoms with Crippen molar-refractivity contribution in [2.75, 3.05) is 7.11 Å². The van der Waals surface area contributed by atoms with Crippen molar-refractivity contribution in [1.82, 2.24) is 0 Å². The molecule has 0 unspecified atom stereocenters. The summed E-state index contributed by atoms with van der Waals surface area (Å²) in [7, 11) is 1.66. The molecule has 0 aliphatic carbocycles. The SMILES string of the molecule is COc1ccc(Br)c(CSc2cccc(C=O)c2)c1. The molecule has 4 heteroatoms. The minimum absolute atomic E-state index is 0.703. The van der Waals surface area contributed by atoms with E-state index in [-0.39, 0.29) is 0 Å². The minimum Gasteiger partial charge on any atom is -0.497 e. The third kappa shape index (κ3) is 3.85. The first kappa shape index (κ1) is 14.2. The fourth-order valence-electron chi connectivity index (χ4n) is 1.63. The van der Waals surface area contributed by atoms with Crippen LogP contribution in [0.15, 0.2) is 51.8 Å². The number of carbonyl (C=O) groups is 1. The van der Waals surface area contributed by atoms with Crippen LogP contribution in [0.2, 0.25) is 0 Å². The van der Waals surface area contributed by atoms with E-state index in [1.807, 2.05) is 36.4 Å². The molecule has 98 valence electrons. The Morgan fingerprint density at radius 1 is 1.26 bits per heavy atom. The largest absolute Gasteiger partial charge is 0.497 e. The average molecular weight is 337 g/mol. The second kappa shape index (κ2) is 6.78. The smallest absolute Gasteiger partial charge is 0.150 e. The van der Waals surface area contributed by atoms with Crippen molar-refractivity contribution < 1.29 is 9.53 Å². The summed E-state index contributed by atoms with van der Waals surface area (Å²) in [5.41, 5.74) is 1.87. The molecule has 0 amide bonds. The Labute approximate surface area is 125 Å². The van der Waals surface area contributed by atoms with Gasteiger partial charge in [0.1, 0.15) is 12.0 Å². The Morgan fingerprint density at radius 2 is 2.11 bits per heavy atom. The zero-order valence-electron chi connectivity index (χ0n) is 10.4. The van der Waals surface area contributed by atoms with Crippen LogP contribution in [-0.4, -0.2) is 13.4 Å². The van der Waals surface area contributed by atoms with Gasteiger partial charge in [-0.1, -0.05) is 28.1 Å². The van der Waals surface area contributed by atoms with Crippen molar-refractivity contribution in [3.05, 3.63) is 58.1 Å². The molecule has 0 atom stereocenters. The number of ether oxygens (including phenoxy) is 1. The number of hydrogen-bond acceptors (Lipinski definition) is 3. The Kier molecular flexibility index (Phi) is 5.05. The maximum Gasteiger partial charge on any atom is 0.150 e. The summed E-state index contributed by atoms with van der Waals surface area (Å²) in [6, 6.07) is 13.5. The van der Waals surface area contributed by atoms with E-state index >= 15 is 0 Å². The Balaban J connectivity index is 2.11. The molecule has 0 radical (unpaired) electrons. The van der Waals surface area contributed by atoms with E-state index in [1.54, 1.807) is 24.9 Å². The molecule has 19 heavy (non-hydrogen) atoms. The first-order valence-corrected chi connectivity index (χ1v) is 7.51. The van der Waals surface area contributed by atoms with Gasteiger partial charge in [-0.2, -0.15) is 0 Å². The molecule has 0 aliphatic heterocycles. The van der Waals surface area contributed by atoms with Gasteiger partial charge >= 0.3 is 0 Å². The quantitative estimate of drug-likeness (QED) is 0.591. The van der Waals surface area contributed by atoms with Gasteiger partial charge in [0.2, 0.25) is 0 Å². The molecule has 0 heterocycles. The minimum atomic E-state index is 0.703. The lowest BCUT2D eigenvalue weighted by molar-refractivity contribution is 0.112. The van der Waals surface area contributed by atoms with Crippen molar-refractivity contribution in [3.63, 3.8) is 0 Å². The van der Waals surface area contributed by atoms with Crippen LogP contribution >= 0.6 is 27.7 Å². The molecule has 0 saturated heterocycles. The van der Waals surface area contributed by atoms with E-state index in [4.69, 9.17) is 4.74 Å². The summed E-state index contributed by atoms with van der Waals surface area (Å²) in [6.07, 6.45) is 0.867. The van der Waals surface area contributed by atoms with Crippen molar-refractivity contribution in [3.8, 4) is 5.75 Å². The predicted molar refractivity (Wildman–Crippen MR) is 82.1 cm³/mol. The molecule has 0 aliphatic rings. The van der Waals surface area contributed by atoms with Crippen molar-refractivity contribution in [2.24, 2.45) is 0 Å². The Morgan fingerprint density at radius 3 is 2.84 bits per heavy atom. The average Bonchev–Trinajstić information content (AvgIpc) is 2.46. The summed E-state index contributed by atoms with van der Waals surface area (Å²) in [4.78, 5) is 11.8. The molecule has 2 rings (SSSR count). The zero-order chi connectivity index (χ0) is 13.7. The van der Waals surface area contributed by atoms with E-state index in [0.29, 0.717) is 5.56 Å². The molecule has 0 saturated carbocycles. The monoisotopic (exact) mass is 336 g/mol. The van der Waals surface area contributed by atoms with Crippen molar-refractivity contribution >= 4 is 34.0 Å². The lowest BCUT2D eigenvalue weighted by Crippen LogP contribution is -1.88. The molecule has 0 spiro atoms. The molecule has 0 N–H and O–H groups in total. The molecule has 2 aromatic rings.